The van der Waals surface area contributed by atoms with Crippen molar-refractivity contribution in [2.45, 2.75) is 25.4 Å². The standard InChI is InChI=1S/C15H18BrNO2/c1-15(19)9-2-10-17(11-15)14(18)8-5-12-3-6-13(16)7-4-12/h3-8,19H,2,9-11H2,1H3/b8-5+. The summed E-state index contributed by atoms with van der Waals surface area (Å²) in [7, 11) is 0. The molecule has 1 aliphatic rings. The first-order valence-corrected chi connectivity index (χ1v) is 7.20. The van der Waals surface area contributed by atoms with E-state index < -0.39 is 5.60 Å². The van der Waals surface area contributed by atoms with Crippen molar-refractivity contribution in [2.24, 2.45) is 0 Å². The number of β-amino-alcohol motifs (C(OH)–C–C–N with tert-alkyl or cyclic N) is 1. The van der Waals surface area contributed by atoms with Crippen molar-refractivity contribution in [3.05, 3.63) is 40.4 Å². The van der Waals surface area contributed by atoms with Crippen molar-refractivity contribution in [3.63, 3.8) is 0 Å². The zero-order valence-electron chi connectivity index (χ0n) is 11.0. The van der Waals surface area contributed by atoms with Gasteiger partial charge in [-0.1, -0.05) is 28.1 Å². The van der Waals surface area contributed by atoms with Gasteiger partial charge < -0.3 is 10.0 Å². The highest BCUT2D eigenvalue weighted by molar-refractivity contribution is 9.10. The van der Waals surface area contributed by atoms with Crippen LogP contribution in [0.3, 0.4) is 0 Å². The maximum atomic E-state index is 12.0. The number of hydrogen-bond acceptors (Lipinski definition) is 2. The Morgan fingerprint density at radius 3 is 2.74 bits per heavy atom. The summed E-state index contributed by atoms with van der Waals surface area (Å²) in [5, 5.41) is 9.99. The van der Waals surface area contributed by atoms with Gasteiger partial charge in [-0.15, -0.1) is 0 Å². The number of rotatable bonds is 2. The second-order valence-electron chi connectivity index (χ2n) is 5.25. The van der Waals surface area contributed by atoms with Crippen molar-refractivity contribution >= 4 is 27.9 Å². The molecule has 0 spiro atoms. The highest BCUT2D eigenvalue weighted by Gasteiger charge is 2.29. The van der Waals surface area contributed by atoms with Crippen LogP contribution in [-0.4, -0.2) is 34.6 Å². The van der Waals surface area contributed by atoms with Gasteiger partial charge in [-0.2, -0.15) is 0 Å². The van der Waals surface area contributed by atoms with Gasteiger partial charge in [0.1, 0.15) is 0 Å². The smallest absolute Gasteiger partial charge is 0.246 e. The average molecular weight is 324 g/mol. The number of likely N-dealkylation sites (tertiary alicyclic amines) is 1. The first-order valence-electron chi connectivity index (χ1n) is 6.41. The lowest BCUT2D eigenvalue weighted by Gasteiger charge is -2.36. The summed E-state index contributed by atoms with van der Waals surface area (Å²) in [5.41, 5.74) is 0.236. The molecule has 1 saturated heterocycles. The predicted molar refractivity (Wildman–Crippen MR) is 79.6 cm³/mol. The summed E-state index contributed by atoms with van der Waals surface area (Å²) in [6.45, 7) is 2.92. The van der Waals surface area contributed by atoms with Crippen molar-refractivity contribution in [1.82, 2.24) is 4.90 Å². The minimum atomic E-state index is -0.751. The fraction of sp³-hybridized carbons (Fsp3) is 0.400. The van der Waals surface area contributed by atoms with Gasteiger partial charge in [0.25, 0.3) is 0 Å². The summed E-state index contributed by atoms with van der Waals surface area (Å²) in [6, 6.07) is 7.77. The van der Waals surface area contributed by atoms with E-state index in [1.165, 1.54) is 0 Å². The Morgan fingerprint density at radius 2 is 2.11 bits per heavy atom. The van der Waals surface area contributed by atoms with E-state index in [0.29, 0.717) is 6.54 Å². The van der Waals surface area contributed by atoms with Crippen LogP contribution < -0.4 is 0 Å². The third-order valence-corrected chi connectivity index (χ3v) is 3.80. The topological polar surface area (TPSA) is 40.5 Å². The van der Waals surface area contributed by atoms with Gasteiger partial charge in [-0.25, -0.2) is 0 Å². The second-order valence-corrected chi connectivity index (χ2v) is 6.16. The van der Waals surface area contributed by atoms with Crippen LogP contribution in [0.15, 0.2) is 34.8 Å². The molecule has 1 amide bonds. The minimum absolute atomic E-state index is 0.0390. The zero-order valence-corrected chi connectivity index (χ0v) is 12.6. The van der Waals surface area contributed by atoms with Crippen LogP contribution >= 0.6 is 15.9 Å². The van der Waals surface area contributed by atoms with Gasteiger partial charge >= 0.3 is 0 Å². The minimum Gasteiger partial charge on any atom is -0.388 e. The molecule has 0 saturated carbocycles. The Hall–Kier alpha value is -1.13. The number of benzene rings is 1. The molecular formula is C15H18BrNO2. The number of aliphatic hydroxyl groups is 1. The number of nitrogens with zero attached hydrogens (tertiary/aromatic N) is 1. The van der Waals surface area contributed by atoms with Crippen LogP contribution in [0.1, 0.15) is 25.3 Å². The van der Waals surface area contributed by atoms with E-state index in [4.69, 9.17) is 0 Å². The van der Waals surface area contributed by atoms with E-state index in [1.54, 1.807) is 24.0 Å². The molecule has 0 bridgehead atoms. The lowest BCUT2D eigenvalue weighted by atomic mass is 9.95. The fourth-order valence-corrected chi connectivity index (χ4v) is 2.52. The normalized spacial score (nSPS) is 23.8. The molecular weight excluding hydrogens is 306 g/mol. The largest absolute Gasteiger partial charge is 0.388 e. The molecule has 2 rings (SSSR count). The summed E-state index contributed by atoms with van der Waals surface area (Å²) >= 11 is 3.37. The lowest BCUT2D eigenvalue weighted by Crippen LogP contribution is -2.48. The number of halogens is 1. The van der Waals surface area contributed by atoms with Gasteiger partial charge in [-0.3, -0.25) is 4.79 Å². The predicted octanol–water partition coefficient (Wildman–Crippen LogP) is 2.84. The molecule has 19 heavy (non-hydrogen) atoms. The third kappa shape index (κ3) is 4.18. The Balaban J connectivity index is 1.98. The zero-order chi connectivity index (χ0) is 13.9. The second kappa shape index (κ2) is 5.88. The first-order chi connectivity index (χ1) is 8.96. The number of piperidine rings is 1. The van der Waals surface area contributed by atoms with Gasteiger partial charge in [0, 0.05) is 23.6 Å². The van der Waals surface area contributed by atoms with Crippen LogP contribution in [-0.2, 0) is 4.79 Å². The highest BCUT2D eigenvalue weighted by atomic mass is 79.9. The summed E-state index contributed by atoms with van der Waals surface area (Å²) in [5.74, 6) is -0.0390. The molecule has 102 valence electrons. The maximum absolute atomic E-state index is 12.0. The quantitative estimate of drug-likeness (QED) is 0.850. The molecule has 0 aromatic heterocycles. The molecule has 1 atom stereocenters. The van der Waals surface area contributed by atoms with E-state index in [9.17, 15) is 9.90 Å². The van der Waals surface area contributed by atoms with E-state index in [2.05, 4.69) is 15.9 Å². The van der Waals surface area contributed by atoms with Crippen LogP contribution in [0.2, 0.25) is 0 Å². The molecule has 1 N–H and O–H groups in total. The molecule has 1 fully saturated rings. The van der Waals surface area contributed by atoms with Crippen molar-refractivity contribution < 1.29 is 9.90 Å². The highest BCUT2D eigenvalue weighted by Crippen LogP contribution is 2.20. The van der Waals surface area contributed by atoms with Gasteiger partial charge in [0.2, 0.25) is 5.91 Å². The molecule has 4 heteroatoms. The molecule has 0 aliphatic carbocycles. The molecule has 1 heterocycles. The monoisotopic (exact) mass is 323 g/mol. The van der Waals surface area contributed by atoms with Crippen molar-refractivity contribution in [2.75, 3.05) is 13.1 Å². The van der Waals surface area contributed by atoms with Crippen molar-refractivity contribution in [1.29, 1.82) is 0 Å². The van der Waals surface area contributed by atoms with Crippen molar-refractivity contribution in [3.8, 4) is 0 Å². The Kier molecular flexibility index (Phi) is 4.42. The number of carbonyl (C=O) groups is 1. The van der Waals surface area contributed by atoms with Gasteiger partial charge in [0.15, 0.2) is 0 Å². The average Bonchev–Trinajstić information content (AvgIpc) is 2.36. The Bertz CT molecular complexity index is 479. The summed E-state index contributed by atoms with van der Waals surface area (Å²) < 4.78 is 1.02. The summed E-state index contributed by atoms with van der Waals surface area (Å²) in [4.78, 5) is 13.8. The SMILES string of the molecule is CC1(O)CCCN(C(=O)/C=C/c2ccc(Br)cc2)C1. The van der Waals surface area contributed by atoms with Gasteiger partial charge in [0.05, 0.1) is 5.60 Å². The number of hydrogen-bond donors (Lipinski definition) is 1. The van der Waals surface area contributed by atoms with E-state index >= 15 is 0 Å². The molecule has 1 aromatic carbocycles. The molecule has 1 unspecified atom stereocenters. The number of carbonyl (C=O) groups excluding carboxylic acids is 1. The van der Waals surface area contributed by atoms with E-state index in [1.807, 2.05) is 24.3 Å². The van der Waals surface area contributed by atoms with E-state index in [-0.39, 0.29) is 5.91 Å². The molecule has 1 aliphatic heterocycles. The molecule has 3 nitrogen and oxygen atoms in total. The van der Waals surface area contributed by atoms with Crippen LogP contribution in [0.5, 0.6) is 0 Å². The van der Waals surface area contributed by atoms with Crippen LogP contribution in [0.4, 0.5) is 0 Å². The fourth-order valence-electron chi connectivity index (χ4n) is 2.25. The number of amides is 1. The first kappa shape index (κ1) is 14.3. The summed E-state index contributed by atoms with van der Waals surface area (Å²) in [6.07, 6.45) is 4.99. The van der Waals surface area contributed by atoms with Crippen LogP contribution in [0, 0.1) is 0 Å². The third-order valence-electron chi connectivity index (χ3n) is 3.27. The Morgan fingerprint density at radius 1 is 1.42 bits per heavy atom. The Labute approximate surface area is 122 Å². The molecule has 1 aromatic rings. The maximum Gasteiger partial charge on any atom is 0.246 e. The lowest BCUT2D eigenvalue weighted by molar-refractivity contribution is -0.132. The van der Waals surface area contributed by atoms with Gasteiger partial charge in [-0.05, 0) is 43.5 Å². The molecule has 0 radical (unpaired) electrons. The van der Waals surface area contributed by atoms with E-state index in [0.717, 1.165) is 29.4 Å². The van der Waals surface area contributed by atoms with Crippen LogP contribution in [0.25, 0.3) is 6.08 Å².